The molecular weight excluding hydrogens is 855 g/mol. The van der Waals surface area contributed by atoms with Crippen molar-refractivity contribution < 1.29 is 54.9 Å². The second-order valence-corrected chi connectivity index (χ2v) is 17.6. The van der Waals surface area contributed by atoms with E-state index in [1.165, 1.54) is 30.5 Å². The van der Waals surface area contributed by atoms with Gasteiger partial charge < -0.3 is 29.8 Å². The molecule has 2 aliphatic carbocycles. The van der Waals surface area contributed by atoms with E-state index in [2.05, 4.69) is 15.6 Å². The van der Waals surface area contributed by atoms with Crippen LogP contribution in [0.25, 0.3) is 21.8 Å². The summed E-state index contributed by atoms with van der Waals surface area (Å²) in [6.07, 6.45) is -2.69. The minimum absolute atomic E-state index is 0.00849. The van der Waals surface area contributed by atoms with Gasteiger partial charge in [-0.3, -0.25) is 14.2 Å². The molecule has 2 heterocycles. The Labute approximate surface area is 371 Å². The summed E-state index contributed by atoms with van der Waals surface area (Å²) >= 11 is 0. The van der Waals surface area contributed by atoms with Crippen molar-refractivity contribution in [2.45, 2.75) is 116 Å². The molecule has 3 N–H and O–H groups in total. The summed E-state index contributed by atoms with van der Waals surface area (Å²) < 4.78 is 95.1. The van der Waals surface area contributed by atoms with Crippen LogP contribution in [0, 0.1) is 0 Å². The number of benzene rings is 4. The Morgan fingerprint density at radius 3 is 1.57 bits per heavy atom. The third kappa shape index (κ3) is 11.8. The number of carbonyl (C=O) groups is 3. The molecule has 2 aromatic heterocycles. The van der Waals surface area contributed by atoms with Crippen molar-refractivity contribution in [3.63, 3.8) is 0 Å². The highest BCUT2D eigenvalue weighted by Gasteiger charge is 2.35. The number of alkyl halides is 6. The van der Waals surface area contributed by atoms with Gasteiger partial charge in [-0.15, -0.1) is 0 Å². The normalized spacial score (nSPS) is 18.6. The summed E-state index contributed by atoms with van der Waals surface area (Å²) in [5, 5.41) is 7.17. The summed E-state index contributed by atoms with van der Waals surface area (Å²) in [6.45, 7) is 8.99. The van der Waals surface area contributed by atoms with Crippen LogP contribution in [0.3, 0.4) is 0 Å². The van der Waals surface area contributed by atoms with Gasteiger partial charge in [-0.2, -0.15) is 26.3 Å². The molecule has 0 radical (unpaired) electrons. The maximum absolute atomic E-state index is 12.8. The van der Waals surface area contributed by atoms with Crippen molar-refractivity contribution in [1.82, 2.24) is 9.55 Å². The largest absolute Gasteiger partial charge is 0.443 e. The van der Waals surface area contributed by atoms with Crippen LogP contribution in [-0.4, -0.2) is 45.3 Å². The van der Waals surface area contributed by atoms with Crippen LogP contribution in [0.15, 0.2) is 97.3 Å². The molecule has 2 aliphatic rings. The second kappa shape index (κ2) is 18.8. The number of hydrogen-bond donors (Lipinski definition) is 3. The Morgan fingerprint density at radius 1 is 0.646 bits per heavy atom. The van der Waals surface area contributed by atoms with Crippen molar-refractivity contribution in [3.8, 4) is 0 Å². The van der Waals surface area contributed by atoms with E-state index < -0.39 is 35.2 Å². The lowest BCUT2D eigenvalue weighted by Gasteiger charge is -2.35. The Kier molecular flexibility index (Phi) is 13.5. The van der Waals surface area contributed by atoms with Crippen LogP contribution >= 0.6 is 0 Å². The first-order valence-corrected chi connectivity index (χ1v) is 21.2. The number of hydrogen-bond acceptors (Lipinski definition) is 6. The zero-order chi connectivity index (χ0) is 46.8. The lowest BCUT2D eigenvalue weighted by atomic mass is 9.77. The highest BCUT2D eigenvalue weighted by Crippen LogP contribution is 2.42. The van der Waals surface area contributed by atoms with E-state index in [1.54, 1.807) is 51.4 Å². The van der Waals surface area contributed by atoms with Crippen LogP contribution in [0.1, 0.15) is 106 Å². The summed E-state index contributed by atoms with van der Waals surface area (Å²) in [6, 6.07) is 22.1. The molecule has 0 spiro atoms. The minimum Gasteiger partial charge on any atom is -0.443 e. The molecule has 0 aliphatic heterocycles. The van der Waals surface area contributed by atoms with Crippen molar-refractivity contribution in [2.24, 2.45) is 0 Å². The molecular formula is C49H50F6N4O6. The summed E-state index contributed by atoms with van der Waals surface area (Å²) in [5.74, 6) is 0.0230. The zero-order valence-electron chi connectivity index (χ0n) is 36.5. The van der Waals surface area contributed by atoms with Gasteiger partial charge in [-0.1, -0.05) is 36.4 Å². The molecule has 16 heteroatoms. The standard InChI is InChI=1S/C27H29F3N2O4.C22H21F3N2O2/c1-16(33)31-23-14-32(25(34)36-26(2,3)4)24-10-5-17(11-22(23)24)15-35-21-12-19(13-21)18-6-8-20(9-7-18)27(28,29)30;1-13(28)27-21-11-26-20-7-2-14(8-19(20)21)12-29-18-9-16(10-18)15-3-5-17(6-4-15)22(23,24)25/h5-11,14,19,21H,12-13,15H2,1-4H3,(H,31,33);2-8,11,16,18,26H,9-10,12H2,1H3,(H,27,28). The van der Waals surface area contributed by atoms with E-state index in [-0.39, 0.29) is 35.9 Å². The lowest BCUT2D eigenvalue weighted by Crippen LogP contribution is -2.29. The van der Waals surface area contributed by atoms with E-state index in [0.717, 1.165) is 88.8 Å². The Balaban J connectivity index is 0.000000198. The summed E-state index contributed by atoms with van der Waals surface area (Å²) in [5.41, 5.74) is 4.51. The maximum atomic E-state index is 12.8. The first-order valence-electron chi connectivity index (χ1n) is 21.2. The number of nitrogens with one attached hydrogen (secondary N) is 3. The number of anilines is 2. The fraction of sp³-hybridized carbons (Fsp3) is 0.367. The fourth-order valence-corrected chi connectivity index (χ4v) is 7.93. The molecule has 0 saturated heterocycles. The van der Waals surface area contributed by atoms with Crippen LogP contribution in [0.2, 0.25) is 0 Å². The van der Waals surface area contributed by atoms with Crippen molar-refractivity contribution in [1.29, 1.82) is 0 Å². The molecule has 0 bridgehead atoms. The number of halogens is 6. The van der Waals surface area contributed by atoms with Gasteiger partial charge in [0.05, 0.1) is 53.4 Å². The molecule has 2 saturated carbocycles. The van der Waals surface area contributed by atoms with Gasteiger partial charge in [0.25, 0.3) is 0 Å². The van der Waals surface area contributed by atoms with E-state index in [9.17, 15) is 40.7 Å². The number of nitrogens with zero attached hydrogens (tertiary/aromatic N) is 1. The Hall–Kier alpha value is -6.13. The first-order chi connectivity index (χ1) is 30.6. The molecule has 8 rings (SSSR count). The molecule has 344 valence electrons. The predicted molar refractivity (Wildman–Crippen MR) is 234 cm³/mol. The van der Waals surface area contributed by atoms with Crippen LogP contribution in [0.5, 0.6) is 0 Å². The molecule has 0 unspecified atom stereocenters. The third-order valence-electron chi connectivity index (χ3n) is 11.4. The number of H-pyrrole nitrogens is 1. The smallest absolute Gasteiger partial charge is 0.419 e. The number of carbonyl (C=O) groups excluding carboxylic acids is 3. The van der Waals surface area contributed by atoms with Gasteiger partial charge >= 0.3 is 18.4 Å². The van der Waals surface area contributed by atoms with Crippen LogP contribution < -0.4 is 10.6 Å². The predicted octanol–water partition coefficient (Wildman–Crippen LogP) is 12.5. The average molecular weight is 905 g/mol. The fourth-order valence-electron chi connectivity index (χ4n) is 7.93. The number of rotatable bonds is 10. The molecule has 10 nitrogen and oxygen atoms in total. The molecule has 2 amide bonds. The first kappa shape index (κ1) is 46.9. The molecule has 6 aromatic rings. The van der Waals surface area contributed by atoms with Gasteiger partial charge in [0.2, 0.25) is 11.8 Å². The van der Waals surface area contributed by atoms with Crippen molar-refractivity contribution in [2.75, 3.05) is 10.6 Å². The summed E-state index contributed by atoms with van der Waals surface area (Å²) in [7, 11) is 0. The topological polar surface area (TPSA) is 124 Å². The van der Waals surface area contributed by atoms with Crippen LogP contribution in [0.4, 0.5) is 42.5 Å². The molecule has 65 heavy (non-hydrogen) atoms. The van der Waals surface area contributed by atoms with E-state index in [1.807, 2.05) is 30.3 Å². The number of ether oxygens (including phenoxy) is 3. The second-order valence-electron chi connectivity index (χ2n) is 17.6. The van der Waals surface area contributed by atoms with Gasteiger partial charge in [0.1, 0.15) is 5.60 Å². The van der Waals surface area contributed by atoms with Gasteiger partial charge in [-0.25, -0.2) is 4.79 Å². The quantitative estimate of drug-likeness (QED) is 0.118. The Morgan fingerprint density at radius 2 is 1.11 bits per heavy atom. The van der Waals surface area contributed by atoms with Crippen molar-refractivity contribution in [3.05, 3.63) is 131 Å². The number of aromatic nitrogens is 2. The highest BCUT2D eigenvalue weighted by atomic mass is 19.4. The number of amides is 2. The number of fused-ring (bicyclic) bond motifs is 2. The van der Waals surface area contributed by atoms with E-state index in [4.69, 9.17) is 14.2 Å². The monoisotopic (exact) mass is 904 g/mol. The highest BCUT2D eigenvalue weighted by molar-refractivity contribution is 6.04. The van der Waals surface area contributed by atoms with E-state index in [0.29, 0.717) is 29.8 Å². The van der Waals surface area contributed by atoms with Gasteiger partial charge in [0, 0.05) is 42.5 Å². The lowest BCUT2D eigenvalue weighted by molar-refractivity contribution is -0.138. The van der Waals surface area contributed by atoms with Gasteiger partial charge in [-0.05, 0) is 129 Å². The average Bonchev–Trinajstić information content (AvgIpc) is 3.75. The third-order valence-corrected chi connectivity index (χ3v) is 11.4. The van der Waals surface area contributed by atoms with E-state index >= 15 is 0 Å². The SMILES string of the molecule is CC(=O)Nc1c[nH]c2ccc(COC3CC(c4ccc(C(F)(F)F)cc4)C3)cc12.CC(=O)Nc1cn(C(=O)OC(C)(C)C)c2ccc(COC3CC(c4ccc(C(F)(F)F)cc4)C3)cc12. The van der Waals surface area contributed by atoms with Crippen molar-refractivity contribution >= 4 is 51.1 Å². The minimum atomic E-state index is -4.33. The molecule has 0 atom stereocenters. The zero-order valence-corrected chi connectivity index (χ0v) is 36.5. The maximum Gasteiger partial charge on any atom is 0.419 e. The molecule has 4 aromatic carbocycles. The van der Waals surface area contributed by atoms with Gasteiger partial charge in [0.15, 0.2) is 0 Å². The summed E-state index contributed by atoms with van der Waals surface area (Å²) in [4.78, 5) is 38.8. The molecule has 2 fully saturated rings. The van der Waals surface area contributed by atoms with Crippen LogP contribution in [-0.2, 0) is 49.4 Å². The number of aromatic amines is 1. The Bertz CT molecular complexity index is 2650.